The number of rotatable bonds is 16. The monoisotopic (exact) mass is 424 g/mol. The van der Waals surface area contributed by atoms with Crippen LogP contribution in [0.1, 0.15) is 73.1 Å². The van der Waals surface area contributed by atoms with E-state index in [-0.39, 0.29) is 48.1 Å². The fraction of sp³-hybridized carbons (Fsp3) is 0.773. The van der Waals surface area contributed by atoms with Gasteiger partial charge in [-0.1, -0.05) is 27.7 Å². The maximum Gasteiger partial charge on any atom is 0.224 e. The first kappa shape index (κ1) is 27.8. The summed E-state index contributed by atoms with van der Waals surface area (Å²) < 4.78 is 0. The van der Waals surface area contributed by atoms with Gasteiger partial charge in [0, 0.05) is 31.2 Å². The minimum absolute atomic E-state index is 0.00467. The maximum absolute atomic E-state index is 12.9. The van der Waals surface area contributed by atoms with Crippen LogP contribution in [0.5, 0.6) is 0 Å². The third-order valence-corrected chi connectivity index (χ3v) is 4.76. The van der Waals surface area contributed by atoms with Crippen molar-refractivity contribution < 1.29 is 19.2 Å². The minimum atomic E-state index is -0.667. The van der Waals surface area contributed by atoms with Crippen molar-refractivity contribution in [1.29, 1.82) is 0 Å². The minimum Gasteiger partial charge on any atom is -0.370 e. The zero-order valence-electron chi connectivity index (χ0n) is 19.1. The van der Waals surface area contributed by atoms with Crippen LogP contribution in [0.2, 0.25) is 0 Å². The van der Waals surface area contributed by atoms with Gasteiger partial charge in [0.05, 0.1) is 6.04 Å². The lowest BCUT2D eigenvalue weighted by Crippen LogP contribution is -2.45. The number of nitrogens with one attached hydrogen (secondary N) is 1. The summed E-state index contributed by atoms with van der Waals surface area (Å²) in [4.78, 5) is 52.6. The molecular weight excluding hydrogens is 384 g/mol. The molecule has 5 N–H and O–H groups in total. The Morgan fingerprint density at radius 1 is 1.00 bits per heavy atom. The van der Waals surface area contributed by atoms with E-state index in [1.807, 2.05) is 27.7 Å². The molecule has 0 aliphatic carbocycles. The number of Topliss-reactive ketones (excluding diaryl/α,β-unsaturated/α-hetero) is 2. The quantitative estimate of drug-likeness (QED) is 0.149. The van der Waals surface area contributed by atoms with Crippen LogP contribution >= 0.6 is 0 Å². The Kier molecular flexibility index (Phi) is 13.6. The molecule has 0 saturated heterocycles. The lowest BCUT2D eigenvalue weighted by atomic mass is 9.89. The van der Waals surface area contributed by atoms with Gasteiger partial charge in [-0.05, 0) is 44.4 Å². The standard InChI is InChI=1S/C22H40N4O4/c1-14(2)9-18(11-16(5)28)21(30)26-19(10-15(3)4)20(29)12-17(13-27)7-6-8-25-22(23)24/h13-15,17-19H,6-12H2,1-5H3,(H,26,30)(H4,23,24,25). The molecule has 3 unspecified atom stereocenters. The normalized spacial score (nSPS) is 14.1. The number of nitrogens with zero attached hydrogens (tertiary/aromatic N) is 1. The van der Waals surface area contributed by atoms with Crippen LogP contribution < -0.4 is 16.8 Å². The highest BCUT2D eigenvalue weighted by molar-refractivity contribution is 5.92. The first-order valence-corrected chi connectivity index (χ1v) is 10.8. The maximum atomic E-state index is 12.9. The van der Waals surface area contributed by atoms with Crippen LogP contribution in [0.4, 0.5) is 0 Å². The van der Waals surface area contributed by atoms with E-state index in [4.69, 9.17) is 11.5 Å². The van der Waals surface area contributed by atoms with Gasteiger partial charge in [0.25, 0.3) is 0 Å². The summed E-state index contributed by atoms with van der Waals surface area (Å²) >= 11 is 0. The lowest BCUT2D eigenvalue weighted by molar-refractivity contribution is -0.133. The first-order valence-electron chi connectivity index (χ1n) is 10.8. The summed E-state index contributed by atoms with van der Waals surface area (Å²) in [5.74, 6) is -0.945. The van der Waals surface area contributed by atoms with Crippen molar-refractivity contribution in [3.05, 3.63) is 0 Å². The van der Waals surface area contributed by atoms with Crippen LogP contribution in [-0.2, 0) is 19.2 Å². The molecule has 0 aliphatic rings. The van der Waals surface area contributed by atoms with Crippen molar-refractivity contribution in [2.45, 2.75) is 79.2 Å². The molecule has 8 heteroatoms. The fourth-order valence-electron chi connectivity index (χ4n) is 3.41. The van der Waals surface area contributed by atoms with Gasteiger partial charge in [0.15, 0.2) is 11.7 Å². The van der Waals surface area contributed by atoms with Crippen molar-refractivity contribution in [3.8, 4) is 0 Å². The number of carbonyl (C=O) groups excluding carboxylic acids is 4. The molecule has 8 nitrogen and oxygen atoms in total. The molecule has 0 bridgehead atoms. The van der Waals surface area contributed by atoms with Gasteiger partial charge in [0.2, 0.25) is 5.91 Å². The number of ketones is 2. The number of guanidine groups is 1. The molecular formula is C22H40N4O4. The molecule has 0 fully saturated rings. The number of aliphatic imine (C=N–C) groups is 1. The second kappa shape index (κ2) is 14.7. The van der Waals surface area contributed by atoms with Gasteiger partial charge in [0.1, 0.15) is 12.1 Å². The van der Waals surface area contributed by atoms with Gasteiger partial charge in [-0.2, -0.15) is 0 Å². The molecule has 0 radical (unpaired) electrons. The van der Waals surface area contributed by atoms with Crippen molar-refractivity contribution in [1.82, 2.24) is 5.32 Å². The Morgan fingerprint density at radius 2 is 1.60 bits per heavy atom. The zero-order chi connectivity index (χ0) is 23.3. The number of hydrogen-bond acceptors (Lipinski definition) is 5. The van der Waals surface area contributed by atoms with Crippen LogP contribution in [0.25, 0.3) is 0 Å². The third kappa shape index (κ3) is 13.1. The van der Waals surface area contributed by atoms with Gasteiger partial charge in [-0.15, -0.1) is 0 Å². The van der Waals surface area contributed by atoms with Crippen LogP contribution in [0.15, 0.2) is 4.99 Å². The van der Waals surface area contributed by atoms with Crippen LogP contribution in [-0.4, -0.2) is 42.3 Å². The summed E-state index contributed by atoms with van der Waals surface area (Å²) in [6.07, 6.45) is 3.14. The highest BCUT2D eigenvalue weighted by atomic mass is 16.2. The Hall–Kier alpha value is -2.25. The zero-order valence-corrected chi connectivity index (χ0v) is 19.1. The summed E-state index contributed by atoms with van der Waals surface area (Å²) in [5.41, 5.74) is 10.6. The van der Waals surface area contributed by atoms with Gasteiger partial charge >= 0.3 is 0 Å². The molecule has 0 saturated carbocycles. The fourth-order valence-corrected chi connectivity index (χ4v) is 3.41. The first-order chi connectivity index (χ1) is 14.0. The number of nitrogens with two attached hydrogens (primary N) is 2. The Morgan fingerprint density at radius 3 is 2.07 bits per heavy atom. The number of amides is 1. The molecule has 0 aromatic heterocycles. The van der Waals surface area contributed by atoms with E-state index >= 15 is 0 Å². The molecule has 30 heavy (non-hydrogen) atoms. The van der Waals surface area contributed by atoms with Gasteiger partial charge in [-0.3, -0.25) is 14.6 Å². The molecule has 0 heterocycles. The van der Waals surface area contributed by atoms with Crippen LogP contribution in [0, 0.1) is 23.7 Å². The number of aldehydes is 1. The number of carbonyl (C=O) groups is 4. The summed E-state index contributed by atoms with van der Waals surface area (Å²) in [7, 11) is 0. The predicted molar refractivity (Wildman–Crippen MR) is 119 cm³/mol. The van der Waals surface area contributed by atoms with E-state index in [0.717, 1.165) is 6.29 Å². The van der Waals surface area contributed by atoms with E-state index in [1.165, 1.54) is 6.92 Å². The molecule has 1 amide bonds. The third-order valence-electron chi connectivity index (χ3n) is 4.76. The topological polar surface area (TPSA) is 145 Å². The Bertz CT molecular complexity index is 598. The van der Waals surface area contributed by atoms with E-state index in [2.05, 4.69) is 10.3 Å². The second-order valence-electron chi connectivity index (χ2n) is 8.94. The average Bonchev–Trinajstić information content (AvgIpc) is 2.61. The second-order valence-corrected chi connectivity index (χ2v) is 8.94. The van der Waals surface area contributed by atoms with Crippen LogP contribution in [0.3, 0.4) is 0 Å². The van der Waals surface area contributed by atoms with E-state index < -0.39 is 17.9 Å². The van der Waals surface area contributed by atoms with Crippen molar-refractivity contribution in [3.63, 3.8) is 0 Å². The summed E-state index contributed by atoms with van der Waals surface area (Å²) in [6, 6.07) is -0.667. The van der Waals surface area contributed by atoms with Gasteiger partial charge in [-0.25, -0.2) is 0 Å². The highest BCUT2D eigenvalue weighted by Crippen LogP contribution is 2.19. The molecule has 0 aliphatic heterocycles. The lowest BCUT2D eigenvalue weighted by Gasteiger charge is -2.24. The van der Waals surface area contributed by atoms with E-state index in [1.54, 1.807) is 0 Å². The molecule has 0 aromatic carbocycles. The largest absolute Gasteiger partial charge is 0.370 e. The Balaban J connectivity index is 5.10. The predicted octanol–water partition coefficient (Wildman–Crippen LogP) is 1.99. The number of hydrogen-bond donors (Lipinski definition) is 3. The van der Waals surface area contributed by atoms with E-state index in [0.29, 0.717) is 32.2 Å². The summed E-state index contributed by atoms with van der Waals surface area (Å²) in [5, 5.41) is 2.86. The smallest absolute Gasteiger partial charge is 0.224 e. The van der Waals surface area contributed by atoms with Crippen molar-refractivity contribution >= 4 is 29.7 Å². The SMILES string of the molecule is CC(=O)CC(CC(C)C)C(=O)NC(CC(C)C)C(=O)CC(C=O)CCCN=C(N)N. The van der Waals surface area contributed by atoms with E-state index in [9.17, 15) is 19.2 Å². The molecule has 0 rings (SSSR count). The van der Waals surface area contributed by atoms with Crippen molar-refractivity contribution in [2.75, 3.05) is 6.54 Å². The molecule has 3 atom stereocenters. The molecule has 0 spiro atoms. The highest BCUT2D eigenvalue weighted by Gasteiger charge is 2.28. The van der Waals surface area contributed by atoms with Crippen molar-refractivity contribution in [2.24, 2.45) is 40.1 Å². The molecule has 0 aromatic rings. The average molecular weight is 425 g/mol. The van der Waals surface area contributed by atoms with Gasteiger partial charge < -0.3 is 26.4 Å². The Labute approximate surface area is 180 Å². The summed E-state index contributed by atoms with van der Waals surface area (Å²) in [6.45, 7) is 9.80. The molecule has 172 valence electrons.